The second kappa shape index (κ2) is 4.79. The van der Waals surface area contributed by atoms with Gasteiger partial charge in [-0.25, -0.2) is 0 Å². The fourth-order valence-electron chi connectivity index (χ4n) is 1.40. The molecule has 0 bridgehead atoms. The molecule has 15 heavy (non-hydrogen) atoms. The molecule has 80 valence electrons. The molecule has 0 fully saturated rings. The van der Waals surface area contributed by atoms with Crippen molar-refractivity contribution in [2.24, 2.45) is 0 Å². The molecule has 0 saturated carbocycles. The zero-order chi connectivity index (χ0) is 10.5. The summed E-state index contributed by atoms with van der Waals surface area (Å²) in [4.78, 5) is 0. The standard InChI is InChI=1S/C11H15N3O/c1-2-14-6-5-10(13-14)8-12-9-11-4-3-7-15-11/h3-7,12H,2,8-9H2,1H3. The average molecular weight is 205 g/mol. The third kappa shape index (κ3) is 2.70. The largest absolute Gasteiger partial charge is 0.468 e. The molecule has 0 aromatic carbocycles. The van der Waals surface area contributed by atoms with Crippen LogP contribution in [0.4, 0.5) is 0 Å². The van der Waals surface area contributed by atoms with Gasteiger partial charge in [-0.15, -0.1) is 0 Å². The first-order valence-corrected chi connectivity index (χ1v) is 5.14. The van der Waals surface area contributed by atoms with E-state index in [-0.39, 0.29) is 0 Å². The molecule has 0 aliphatic rings. The fraction of sp³-hybridized carbons (Fsp3) is 0.364. The highest BCUT2D eigenvalue weighted by Crippen LogP contribution is 2.00. The maximum Gasteiger partial charge on any atom is 0.117 e. The van der Waals surface area contributed by atoms with Gasteiger partial charge in [0.25, 0.3) is 0 Å². The van der Waals surface area contributed by atoms with Gasteiger partial charge in [0, 0.05) is 19.3 Å². The van der Waals surface area contributed by atoms with Crippen molar-refractivity contribution in [3.8, 4) is 0 Å². The lowest BCUT2D eigenvalue weighted by atomic mass is 10.4. The van der Waals surface area contributed by atoms with Crippen molar-refractivity contribution in [1.82, 2.24) is 15.1 Å². The zero-order valence-electron chi connectivity index (χ0n) is 8.81. The Hall–Kier alpha value is -1.55. The number of aromatic nitrogens is 2. The molecule has 2 heterocycles. The lowest BCUT2D eigenvalue weighted by Gasteiger charge is -1.99. The number of rotatable bonds is 5. The van der Waals surface area contributed by atoms with Crippen LogP contribution in [0.3, 0.4) is 0 Å². The lowest BCUT2D eigenvalue weighted by molar-refractivity contribution is 0.480. The van der Waals surface area contributed by atoms with Gasteiger partial charge in [0.05, 0.1) is 18.5 Å². The summed E-state index contributed by atoms with van der Waals surface area (Å²) in [6, 6.07) is 5.87. The molecule has 0 aliphatic heterocycles. The van der Waals surface area contributed by atoms with E-state index in [0.29, 0.717) is 0 Å². The predicted molar refractivity (Wildman–Crippen MR) is 57.2 cm³/mol. The Morgan fingerprint density at radius 1 is 1.40 bits per heavy atom. The average Bonchev–Trinajstić information content (AvgIpc) is 2.88. The monoisotopic (exact) mass is 205 g/mol. The molecule has 2 rings (SSSR count). The number of furan rings is 1. The Labute approximate surface area is 88.9 Å². The summed E-state index contributed by atoms with van der Waals surface area (Å²) in [6.45, 7) is 4.50. The molecule has 0 amide bonds. The molecule has 0 spiro atoms. The molecule has 0 radical (unpaired) electrons. The minimum atomic E-state index is 0.742. The molecule has 4 heteroatoms. The van der Waals surface area contributed by atoms with Gasteiger partial charge in [0.2, 0.25) is 0 Å². The van der Waals surface area contributed by atoms with Crippen molar-refractivity contribution in [3.63, 3.8) is 0 Å². The Kier molecular flexibility index (Phi) is 3.19. The normalized spacial score (nSPS) is 10.7. The predicted octanol–water partition coefficient (Wildman–Crippen LogP) is 1.79. The van der Waals surface area contributed by atoms with Gasteiger partial charge >= 0.3 is 0 Å². The summed E-state index contributed by atoms with van der Waals surface area (Å²) in [6.07, 6.45) is 3.67. The number of nitrogens with zero attached hydrogens (tertiary/aromatic N) is 2. The molecule has 0 atom stereocenters. The van der Waals surface area contributed by atoms with Crippen LogP contribution in [0.1, 0.15) is 18.4 Å². The van der Waals surface area contributed by atoms with Crippen LogP contribution < -0.4 is 5.32 Å². The molecule has 4 nitrogen and oxygen atoms in total. The second-order valence-corrected chi connectivity index (χ2v) is 3.35. The summed E-state index contributed by atoms with van der Waals surface area (Å²) >= 11 is 0. The van der Waals surface area contributed by atoms with Gasteiger partial charge < -0.3 is 9.73 Å². The second-order valence-electron chi connectivity index (χ2n) is 3.35. The molecule has 0 aliphatic carbocycles. The first-order chi connectivity index (χ1) is 7.38. The Balaban J connectivity index is 1.78. The van der Waals surface area contributed by atoms with E-state index in [9.17, 15) is 0 Å². The Morgan fingerprint density at radius 3 is 3.00 bits per heavy atom. The van der Waals surface area contributed by atoms with Crippen molar-refractivity contribution in [2.75, 3.05) is 0 Å². The van der Waals surface area contributed by atoms with Crippen molar-refractivity contribution >= 4 is 0 Å². The van der Waals surface area contributed by atoms with Crippen molar-refractivity contribution in [2.45, 2.75) is 26.6 Å². The highest BCUT2D eigenvalue weighted by molar-refractivity contribution is 5.00. The smallest absolute Gasteiger partial charge is 0.117 e. The van der Waals surface area contributed by atoms with Crippen LogP contribution in [0.2, 0.25) is 0 Å². The minimum absolute atomic E-state index is 0.742. The SMILES string of the molecule is CCn1ccc(CNCc2ccco2)n1. The summed E-state index contributed by atoms with van der Waals surface area (Å²) < 4.78 is 7.13. The first-order valence-electron chi connectivity index (χ1n) is 5.14. The van der Waals surface area contributed by atoms with Gasteiger partial charge in [0.1, 0.15) is 5.76 Å². The molecule has 0 saturated heterocycles. The van der Waals surface area contributed by atoms with Crippen LogP contribution in [0, 0.1) is 0 Å². The van der Waals surface area contributed by atoms with E-state index in [1.807, 2.05) is 29.1 Å². The van der Waals surface area contributed by atoms with E-state index in [1.54, 1.807) is 6.26 Å². The fourth-order valence-corrected chi connectivity index (χ4v) is 1.40. The van der Waals surface area contributed by atoms with Crippen LogP contribution in [0.15, 0.2) is 35.1 Å². The van der Waals surface area contributed by atoms with E-state index in [1.165, 1.54) is 0 Å². The molecule has 2 aromatic heterocycles. The number of hydrogen-bond donors (Lipinski definition) is 1. The molecule has 2 aromatic rings. The van der Waals surface area contributed by atoms with E-state index >= 15 is 0 Å². The van der Waals surface area contributed by atoms with Gasteiger partial charge in [-0.2, -0.15) is 5.10 Å². The molecule has 0 unspecified atom stereocenters. The number of hydrogen-bond acceptors (Lipinski definition) is 3. The molecule has 1 N–H and O–H groups in total. The quantitative estimate of drug-likeness (QED) is 0.809. The van der Waals surface area contributed by atoms with E-state index in [2.05, 4.69) is 17.3 Å². The van der Waals surface area contributed by atoms with Gasteiger partial charge in [-0.3, -0.25) is 4.68 Å². The number of nitrogens with one attached hydrogen (secondary N) is 1. The first kappa shape index (κ1) is 9.98. The summed E-state index contributed by atoms with van der Waals surface area (Å²) in [5, 5.41) is 7.64. The van der Waals surface area contributed by atoms with Crippen molar-refractivity contribution < 1.29 is 4.42 Å². The van der Waals surface area contributed by atoms with Crippen LogP contribution in [0.5, 0.6) is 0 Å². The summed E-state index contributed by atoms with van der Waals surface area (Å²) in [7, 11) is 0. The van der Waals surface area contributed by atoms with Gasteiger partial charge in [-0.1, -0.05) is 0 Å². The zero-order valence-corrected chi connectivity index (χ0v) is 8.81. The third-order valence-electron chi connectivity index (χ3n) is 2.21. The Morgan fingerprint density at radius 2 is 2.33 bits per heavy atom. The van der Waals surface area contributed by atoms with Gasteiger partial charge in [-0.05, 0) is 25.1 Å². The molecular formula is C11H15N3O. The maximum atomic E-state index is 5.21. The van der Waals surface area contributed by atoms with Gasteiger partial charge in [0.15, 0.2) is 0 Å². The maximum absolute atomic E-state index is 5.21. The Bertz CT molecular complexity index is 392. The topological polar surface area (TPSA) is 43.0 Å². The van der Waals surface area contributed by atoms with E-state index in [4.69, 9.17) is 4.42 Å². The molecular weight excluding hydrogens is 190 g/mol. The minimum Gasteiger partial charge on any atom is -0.468 e. The highest BCUT2D eigenvalue weighted by Gasteiger charge is 1.98. The van der Waals surface area contributed by atoms with Crippen molar-refractivity contribution in [1.29, 1.82) is 0 Å². The van der Waals surface area contributed by atoms with Crippen LogP contribution in [-0.2, 0) is 19.6 Å². The highest BCUT2D eigenvalue weighted by atomic mass is 16.3. The summed E-state index contributed by atoms with van der Waals surface area (Å²) in [5.74, 6) is 0.949. The van der Waals surface area contributed by atoms with Crippen LogP contribution in [-0.4, -0.2) is 9.78 Å². The summed E-state index contributed by atoms with van der Waals surface area (Å²) in [5.41, 5.74) is 1.06. The van der Waals surface area contributed by atoms with E-state index in [0.717, 1.165) is 31.1 Å². The van der Waals surface area contributed by atoms with Crippen molar-refractivity contribution in [3.05, 3.63) is 42.1 Å². The lowest BCUT2D eigenvalue weighted by Crippen LogP contribution is -2.12. The third-order valence-corrected chi connectivity index (χ3v) is 2.21. The number of aryl methyl sites for hydroxylation is 1. The van der Waals surface area contributed by atoms with E-state index < -0.39 is 0 Å². The van der Waals surface area contributed by atoms with Crippen LogP contribution in [0.25, 0.3) is 0 Å². The van der Waals surface area contributed by atoms with Crippen LogP contribution >= 0.6 is 0 Å².